The molecular weight excluding hydrogens is 228 g/mol. The van der Waals surface area contributed by atoms with Crippen molar-refractivity contribution in [3.8, 4) is 0 Å². The van der Waals surface area contributed by atoms with Gasteiger partial charge in [0.15, 0.2) is 12.1 Å². The standard InChI is InChI=1S/C14H24N2O2/c1-9(17)13(3,4)11-7-8-12(16(11)15)14(5,6)10(2)18/h11-12H,7-8H2,1-6H3. The molecule has 0 aromatic carbocycles. The van der Waals surface area contributed by atoms with Crippen molar-refractivity contribution in [3.05, 3.63) is 5.53 Å². The van der Waals surface area contributed by atoms with E-state index in [0.717, 1.165) is 12.8 Å². The molecule has 0 bridgehead atoms. The minimum Gasteiger partial charge on any atom is -0.506 e. The first-order valence-corrected chi connectivity index (χ1v) is 6.52. The van der Waals surface area contributed by atoms with E-state index in [0.29, 0.717) is 0 Å². The Hall–Kier alpha value is -1.06. The van der Waals surface area contributed by atoms with E-state index < -0.39 is 10.8 Å². The minimum atomic E-state index is -0.587. The van der Waals surface area contributed by atoms with Gasteiger partial charge in [-0.1, -0.05) is 0 Å². The second-order valence-electron chi connectivity index (χ2n) is 6.54. The van der Waals surface area contributed by atoms with Crippen LogP contribution >= 0.6 is 0 Å². The van der Waals surface area contributed by atoms with E-state index in [2.05, 4.69) is 0 Å². The second kappa shape index (κ2) is 4.56. The fraction of sp³-hybridized carbons (Fsp3) is 0.857. The lowest BCUT2D eigenvalue weighted by molar-refractivity contribution is -0.619. The average molecular weight is 252 g/mol. The third-order valence-electron chi connectivity index (χ3n) is 4.83. The van der Waals surface area contributed by atoms with E-state index in [1.165, 1.54) is 4.70 Å². The summed E-state index contributed by atoms with van der Waals surface area (Å²) in [6.45, 7) is 10.5. The normalized spacial score (nSPS) is 25.3. The Labute approximate surface area is 109 Å². The highest BCUT2D eigenvalue weighted by Gasteiger charge is 2.52. The molecule has 1 fully saturated rings. The molecule has 1 saturated heterocycles. The van der Waals surface area contributed by atoms with Crippen molar-refractivity contribution in [2.45, 2.75) is 66.5 Å². The molecule has 0 aliphatic carbocycles. The molecule has 1 aliphatic heterocycles. The molecule has 2 atom stereocenters. The quantitative estimate of drug-likeness (QED) is 0.722. The smallest absolute Gasteiger partial charge is 0.153 e. The molecule has 0 radical (unpaired) electrons. The number of nitrogens with zero attached hydrogens (tertiary/aromatic N) is 2. The maximum Gasteiger partial charge on any atom is 0.153 e. The minimum absolute atomic E-state index is 0.0628. The summed E-state index contributed by atoms with van der Waals surface area (Å²) in [6, 6.07) is -0.419. The average Bonchev–Trinajstić information content (AvgIpc) is 2.60. The molecule has 1 rings (SSSR count). The highest BCUT2D eigenvalue weighted by atomic mass is 16.1. The van der Waals surface area contributed by atoms with Crippen LogP contribution in [0.25, 0.3) is 5.53 Å². The van der Waals surface area contributed by atoms with Crippen LogP contribution in [-0.2, 0) is 9.59 Å². The van der Waals surface area contributed by atoms with Gasteiger partial charge < -0.3 is 10.2 Å². The molecule has 0 spiro atoms. The molecular formula is C14H24N2O2. The summed E-state index contributed by atoms with van der Waals surface area (Å²) in [4.78, 5) is 23.4. The summed E-state index contributed by atoms with van der Waals surface area (Å²) in [5, 5.41) is 0. The third kappa shape index (κ3) is 2.25. The number of Topliss-reactive ketones (excluding diaryl/α,β-unsaturated/α-hetero) is 2. The van der Waals surface area contributed by atoms with Crippen molar-refractivity contribution < 1.29 is 14.3 Å². The largest absolute Gasteiger partial charge is 0.506 e. The van der Waals surface area contributed by atoms with Crippen LogP contribution in [0.3, 0.4) is 0 Å². The van der Waals surface area contributed by atoms with Gasteiger partial charge >= 0.3 is 0 Å². The van der Waals surface area contributed by atoms with Crippen LogP contribution in [-0.4, -0.2) is 28.3 Å². The fourth-order valence-corrected chi connectivity index (χ4v) is 2.65. The van der Waals surface area contributed by atoms with Gasteiger partial charge in [-0.05, 0) is 41.5 Å². The zero-order valence-electron chi connectivity index (χ0n) is 12.3. The monoisotopic (exact) mass is 252 g/mol. The van der Waals surface area contributed by atoms with Crippen molar-refractivity contribution in [1.82, 2.24) is 0 Å². The molecule has 0 aromatic rings. The van der Waals surface area contributed by atoms with Crippen LogP contribution in [0.5, 0.6) is 0 Å². The summed E-state index contributed by atoms with van der Waals surface area (Å²) < 4.78 is 1.25. The maximum absolute atomic E-state index is 11.7. The summed E-state index contributed by atoms with van der Waals surface area (Å²) in [5.74, 6) is 0.126. The van der Waals surface area contributed by atoms with Crippen LogP contribution in [0, 0.1) is 10.8 Å². The molecule has 0 saturated carbocycles. The fourth-order valence-electron chi connectivity index (χ4n) is 2.65. The Bertz CT molecular complexity index is 361. The molecule has 1 heterocycles. The van der Waals surface area contributed by atoms with Crippen LogP contribution in [0.1, 0.15) is 54.4 Å². The molecule has 102 valence electrons. The maximum atomic E-state index is 11.7. The number of carbonyl (C=O) groups is 2. The number of ketones is 2. The van der Waals surface area contributed by atoms with Gasteiger partial charge in [0.25, 0.3) is 0 Å². The van der Waals surface area contributed by atoms with E-state index in [9.17, 15) is 15.1 Å². The lowest BCUT2D eigenvalue weighted by Crippen LogP contribution is -2.46. The predicted octanol–water partition coefficient (Wildman–Crippen LogP) is 2.78. The molecule has 0 aromatic heterocycles. The molecule has 0 amide bonds. The molecule has 4 heteroatoms. The lowest BCUT2D eigenvalue weighted by Gasteiger charge is -2.32. The van der Waals surface area contributed by atoms with Crippen LogP contribution in [0.2, 0.25) is 0 Å². The Kier molecular flexibility index (Phi) is 3.80. The van der Waals surface area contributed by atoms with Gasteiger partial charge in [0.05, 0.1) is 10.8 Å². The highest BCUT2D eigenvalue weighted by molar-refractivity contribution is 5.83. The van der Waals surface area contributed by atoms with E-state index in [1.54, 1.807) is 13.8 Å². The summed E-state index contributed by atoms with van der Waals surface area (Å²) >= 11 is 0. The number of carbonyl (C=O) groups excluding carboxylic acids is 2. The van der Waals surface area contributed by atoms with Crippen molar-refractivity contribution >= 4 is 11.6 Å². The number of hydrogen-bond acceptors (Lipinski definition) is 2. The van der Waals surface area contributed by atoms with Crippen molar-refractivity contribution in [3.63, 3.8) is 0 Å². The SMILES string of the molecule is CC(=O)C(C)(C)C1CCC(C(C)(C)C(C)=O)[N+]1=[N-]. The summed E-state index contributed by atoms with van der Waals surface area (Å²) in [5.41, 5.74) is 9.17. The lowest BCUT2D eigenvalue weighted by atomic mass is 9.80. The van der Waals surface area contributed by atoms with Gasteiger partial charge in [-0.25, -0.2) is 0 Å². The summed E-state index contributed by atoms with van der Waals surface area (Å²) in [7, 11) is 0. The van der Waals surface area contributed by atoms with Crippen molar-refractivity contribution in [2.75, 3.05) is 0 Å². The Morgan fingerprint density at radius 2 is 1.22 bits per heavy atom. The molecule has 0 N–H and O–H groups in total. The first-order chi connectivity index (χ1) is 8.02. The topological polar surface area (TPSA) is 59.5 Å². The molecule has 4 nitrogen and oxygen atoms in total. The van der Waals surface area contributed by atoms with Crippen molar-refractivity contribution in [1.29, 1.82) is 0 Å². The van der Waals surface area contributed by atoms with Gasteiger partial charge in [-0.2, -0.15) is 0 Å². The van der Waals surface area contributed by atoms with Gasteiger partial charge in [0.1, 0.15) is 11.6 Å². The highest BCUT2D eigenvalue weighted by Crippen LogP contribution is 2.40. The van der Waals surface area contributed by atoms with E-state index >= 15 is 0 Å². The Morgan fingerprint density at radius 3 is 1.44 bits per heavy atom. The predicted molar refractivity (Wildman–Crippen MR) is 69.4 cm³/mol. The first kappa shape index (κ1) is 15.0. The van der Waals surface area contributed by atoms with Gasteiger partial charge in [0, 0.05) is 12.8 Å². The first-order valence-electron chi connectivity index (χ1n) is 6.52. The van der Waals surface area contributed by atoms with Crippen molar-refractivity contribution in [2.24, 2.45) is 10.8 Å². The van der Waals surface area contributed by atoms with Crippen LogP contribution < -0.4 is 0 Å². The van der Waals surface area contributed by atoms with Crippen LogP contribution in [0.15, 0.2) is 0 Å². The Balaban J connectivity index is 3.00. The zero-order valence-corrected chi connectivity index (χ0v) is 12.3. The Morgan fingerprint density at radius 1 is 0.944 bits per heavy atom. The zero-order chi connectivity index (χ0) is 14.3. The van der Waals surface area contributed by atoms with Gasteiger partial charge in [-0.3, -0.25) is 9.59 Å². The third-order valence-corrected chi connectivity index (χ3v) is 4.83. The van der Waals surface area contributed by atoms with E-state index in [1.807, 2.05) is 27.7 Å². The van der Waals surface area contributed by atoms with Gasteiger partial charge in [0.2, 0.25) is 0 Å². The molecule has 18 heavy (non-hydrogen) atoms. The van der Waals surface area contributed by atoms with E-state index in [-0.39, 0.29) is 23.7 Å². The summed E-state index contributed by atoms with van der Waals surface area (Å²) in [6.07, 6.45) is 1.48. The number of hydrogen-bond donors (Lipinski definition) is 0. The van der Waals surface area contributed by atoms with E-state index in [4.69, 9.17) is 0 Å². The molecule has 2 unspecified atom stereocenters. The van der Waals surface area contributed by atoms with Gasteiger partial charge in [-0.15, -0.1) is 0 Å². The van der Waals surface area contributed by atoms with Crippen LogP contribution in [0.4, 0.5) is 0 Å². The second-order valence-corrected chi connectivity index (χ2v) is 6.54. The molecule has 1 aliphatic rings. The number of rotatable bonds is 4.